The quantitative estimate of drug-likeness (QED) is 0.353. The summed E-state index contributed by atoms with van der Waals surface area (Å²) in [5.74, 6) is -5.27. The molecule has 6 atom stereocenters. The first-order valence-corrected chi connectivity index (χ1v) is 13.0. The predicted octanol–water partition coefficient (Wildman–Crippen LogP) is 3.59. The molecule has 196 valence electrons. The molecule has 1 saturated carbocycles. The third-order valence-electron chi connectivity index (χ3n) is 8.58. The number of para-hydroxylation sites is 1. The van der Waals surface area contributed by atoms with Gasteiger partial charge in [0.15, 0.2) is 9.75 Å². The summed E-state index contributed by atoms with van der Waals surface area (Å²) in [5.41, 5.74) is 1.26. The average molecular weight is 555 g/mol. The molecule has 0 bridgehead atoms. The Balaban J connectivity index is 1.56. The van der Waals surface area contributed by atoms with Crippen molar-refractivity contribution < 1.29 is 29.0 Å². The largest absolute Gasteiger partial charge is 0.508 e. The van der Waals surface area contributed by atoms with Gasteiger partial charge in [-0.15, -0.1) is 23.2 Å². The SMILES string of the molecule is COc1cccc(O)c1[C@H]1C2=CC[C@@H]3C(=O)N(c4ccccc4)C(=O)[C@@H]3[C@@H]2C[C@@]2(Cl)C(=O)N(C)C(=O)[C@@]12Cl. The first-order valence-electron chi connectivity index (χ1n) is 12.3. The highest BCUT2D eigenvalue weighted by Crippen LogP contribution is 2.66. The Morgan fingerprint density at radius 3 is 2.34 bits per heavy atom. The number of likely N-dealkylation sites (tertiary alicyclic amines) is 1. The van der Waals surface area contributed by atoms with Crippen molar-refractivity contribution in [1.82, 2.24) is 4.90 Å². The number of rotatable bonds is 3. The van der Waals surface area contributed by atoms with E-state index < -0.39 is 51.1 Å². The number of benzene rings is 2. The molecule has 6 rings (SSSR count). The molecule has 2 aliphatic carbocycles. The number of alkyl halides is 2. The van der Waals surface area contributed by atoms with Crippen LogP contribution >= 0.6 is 23.2 Å². The Bertz CT molecular complexity index is 1440. The molecule has 2 aliphatic heterocycles. The molecule has 0 radical (unpaired) electrons. The van der Waals surface area contributed by atoms with Gasteiger partial charge in [0.25, 0.3) is 11.8 Å². The molecule has 4 aliphatic rings. The molecule has 1 N–H and O–H groups in total. The summed E-state index contributed by atoms with van der Waals surface area (Å²) in [4.78, 5) is 52.7. The van der Waals surface area contributed by atoms with Crippen molar-refractivity contribution in [2.24, 2.45) is 17.8 Å². The van der Waals surface area contributed by atoms with E-state index in [0.29, 0.717) is 11.3 Å². The molecule has 2 saturated heterocycles. The number of hydrogen-bond acceptors (Lipinski definition) is 6. The number of methoxy groups -OCH3 is 1. The average Bonchev–Trinajstić information content (AvgIpc) is 3.24. The topological polar surface area (TPSA) is 104 Å². The number of allylic oxidation sites excluding steroid dienone is 2. The van der Waals surface area contributed by atoms with Gasteiger partial charge in [0.1, 0.15) is 11.5 Å². The number of carbonyl (C=O) groups excluding carboxylic acids is 4. The molecular formula is C28H24Cl2N2O6. The minimum atomic E-state index is -1.99. The van der Waals surface area contributed by atoms with E-state index in [2.05, 4.69) is 0 Å². The Kier molecular flexibility index (Phi) is 5.46. The monoisotopic (exact) mass is 554 g/mol. The van der Waals surface area contributed by atoms with E-state index >= 15 is 0 Å². The minimum Gasteiger partial charge on any atom is -0.508 e. The van der Waals surface area contributed by atoms with Crippen molar-refractivity contribution in [3.63, 3.8) is 0 Å². The van der Waals surface area contributed by atoms with Gasteiger partial charge in [-0.2, -0.15) is 0 Å². The third kappa shape index (κ3) is 2.93. The lowest BCUT2D eigenvalue weighted by molar-refractivity contribution is -0.138. The van der Waals surface area contributed by atoms with E-state index in [4.69, 9.17) is 27.9 Å². The molecule has 4 amide bonds. The van der Waals surface area contributed by atoms with Gasteiger partial charge >= 0.3 is 0 Å². The summed E-state index contributed by atoms with van der Waals surface area (Å²) < 4.78 is 5.55. The Hall–Kier alpha value is -3.36. The number of hydrogen-bond donors (Lipinski definition) is 1. The Morgan fingerprint density at radius 2 is 1.66 bits per heavy atom. The number of ether oxygens (including phenoxy) is 1. The van der Waals surface area contributed by atoms with Crippen molar-refractivity contribution in [2.45, 2.75) is 28.5 Å². The fraction of sp³-hybridized carbons (Fsp3) is 0.357. The molecule has 10 heteroatoms. The maximum Gasteiger partial charge on any atom is 0.253 e. The van der Waals surface area contributed by atoms with E-state index in [1.54, 1.807) is 42.5 Å². The lowest BCUT2D eigenvalue weighted by Crippen LogP contribution is -2.60. The first kappa shape index (κ1) is 24.9. The number of phenols is 1. The third-order valence-corrected chi connectivity index (χ3v) is 9.99. The zero-order valence-corrected chi connectivity index (χ0v) is 22.1. The predicted molar refractivity (Wildman–Crippen MR) is 139 cm³/mol. The molecular weight excluding hydrogens is 531 g/mol. The van der Waals surface area contributed by atoms with Gasteiger partial charge in [-0.1, -0.05) is 35.9 Å². The van der Waals surface area contributed by atoms with E-state index in [9.17, 15) is 24.3 Å². The summed E-state index contributed by atoms with van der Waals surface area (Å²) in [6.45, 7) is 0. The van der Waals surface area contributed by atoms with Crippen LogP contribution in [0.5, 0.6) is 11.5 Å². The van der Waals surface area contributed by atoms with Crippen LogP contribution in [0.1, 0.15) is 24.3 Å². The number of phenolic OH excluding ortho intramolecular Hbond substituents is 1. The van der Waals surface area contributed by atoms with Gasteiger partial charge in [-0.05, 0) is 43.0 Å². The summed E-state index contributed by atoms with van der Waals surface area (Å²) in [6.07, 6.45) is 1.93. The van der Waals surface area contributed by atoms with Gasteiger partial charge in [-0.3, -0.25) is 29.0 Å². The molecule has 0 unspecified atom stereocenters. The van der Waals surface area contributed by atoms with Crippen molar-refractivity contribution in [3.8, 4) is 11.5 Å². The zero-order chi connectivity index (χ0) is 27.1. The maximum absolute atomic E-state index is 13.9. The van der Waals surface area contributed by atoms with Crippen molar-refractivity contribution >= 4 is 52.5 Å². The van der Waals surface area contributed by atoms with Crippen LogP contribution in [-0.4, -0.2) is 57.5 Å². The zero-order valence-electron chi connectivity index (χ0n) is 20.6. The number of anilines is 1. The molecule has 8 nitrogen and oxygen atoms in total. The lowest BCUT2D eigenvalue weighted by Gasteiger charge is -2.50. The maximum atomic E-state index is 13.9. The highest BCUT2D eigenvalue weighted by molar-refractivity contribution is 6.53. The Morgan fingerprint density at radius 1 is 0.947 bits per heavy atom. The van der Waals surface area contributed by atoms with Gasteiger partial charge in [0, 0.05) is 18.5 Å². The number of nitrogens with zero attached hydrogens (tertiary/aromatic N) is 2. The number of carbonyl (C=O) groups is 4. The van der Waals surface area contributed by atoms with Crippen molar-refractivity contribution in [3.05, 3.63) is 65.7 Å². The number of imide groups is 2. The van der Waals surface area contributed by atoms with Crippen LogP contribution < -0.4 is 9.64 Å². The van der Waals surface area contributed by atoms with Crippen LogP contribution in [0.25, 0.3) is 0 Å². The van der Waals surface area contributed by atoms with E-state index in [-0.39, 0.29) is 35.8 Å². The van der Waals surface area contributed by atoms with Crippen LogP contribution in [0, 0.1) is 17.8 Å². The molecule has 2 aromatic rings. The number of halogens is 2. The Labute approximate surface area is 228 Å². The number of fused-ring (bicyclic) bond motifs is 4. The summed E-state index contributed by atoms with van der Waals surface area (Å²) in [7, 11) is 2.74. The summed E-state index contributed by atoms with van der Waals surface area (Å²) in [6, 6.07) is 13.3. The van der Waals surface area contributed by atoms with Gasteiger partial charge in [0.05, 0.1) is 24.6 Å². The van der Waals surface area contributed by atoms with Gasteiger partial charge in [-0.25, -0.2) is 0 Å². The van der Waals surface area contributed by atoms with Crippen molar-refractivity contribution in [1.29, 1.82) is 0 Å². The highest BCUT2D eigenvalue weighted by Gasteiger charge is 2.76. The molecule has 38 heavy (non-hydrogen) atoms. The number of aromatic hydroxyl groups is 1. The normalized spacial score (nSPS) is 34.2. The van der Waals surface area contributed by atoms with Gasteiger partial charge in [0.2, 0.25) is 11.8 Å². The highest BCUT2D eigenvalue weighted by atomic mass is 35.5. The van der Waals surface area contributed by atoms with Crippen LogP contribution in [0.15, 0.2) is 60.2 Å². The van der Waals surface area contributed by atoms with E-state index in [0.717, 1.165) is 4.90 Å². The van der Waals surface area contributed by atoms with Crippen LogP contribution in [0.2, 0.25) is 0 Å². The second-order valence-corrected chi connectivity index (χ2v) is 11.5. The molecule has 3 fully saturated rings. The van der Waals surface area contributed by atoms with Crippen LogP contribution in [-0.2, 0) is 19.2 Å². The van der Waals surface area contributed by atoms with Crippen LogP contribution in [0.4, 0.5) is 5.69 Å². The van der Waals surface area contributed by atoms with Crippen molar-refractivity contribution in [2.75, 3.05) is 19.1 Å². The smallest absolute Gasteiger partial charge is 0.253 e. The van der Waals surface area contributed by atoms with E-state index in [1.165, 1.54) is 25.1 Å². The molecule has 0 spiro atoms. The fourth-order valence-electron chi connectivity index (χ4n) is 6.89. The summed E-state index contributed by atoms with van der Waals surface area (Å²) in [5, 5.41) is 11.0. The summed E-state index contributed by atoms with van der Waals surface area (Å²) >= 11 is 14.3. The van der Waals surface area contributed by atoms with Crippen LogP contribution in [0.3, 0.4) is 0 Å². The fourth-order valence-corrected chi connectivity index (χ4v) is 7.90. The second kappa shape index (κ2) is 8.32. The molecule has 2 heterocycles. The molecule has 2 aromatic carbocycles. The van der Waals surface area contributed by atoms with E-state index in [1.807, 2.05) is 6.08 Å². The first-order chi connectivity index (χ1) is 18.1. The lowest BCUT2D eigenvalue weighted by atomic mass is 9.56. The minimum absolute atomic E-state index is 0.117. The molecule has 0 aromatic heterocycles. The number of amides is 4. The standard InChI is InChI=1S/C28H24Cl2N2O6/c1-31-25(36)27(29)13-17-15(22(28(27,30)26(31)37)21-18(33)9-6-10-19(21)38-2)11-12-16-20(17)24(35)32(23(16)34)14-7-4-3-5-8-14/h3-11,16-17,20,22,33H,12-13H2,1-2H3/t16-,17+,20-,22+,27+,28-/m0/s1. The van der Waals surface area contributed by atoms with Gasteiger partial charge < -0.3 is 9.84 Å². The second-order valence-electron chi connectivity index (χ2n) is 10.2.